The van der Waals surface area contributed by atoms with Crippen molar-refractivity contribution in [3.63, 3.8) is 0 Å². The van der Waals surface area contributed by atoms with E-state index >= 15 is 0 Å². The second kappa shape index (κ2) is 17.3. The van der Waals surface area contributed by atoms with E-state index in [0.29, 0.717) is 11.8 Å². The second-order valence-corrected chi connectivity index (χ2v) is 10.6. The van der Waals surface area contributed by atoms with Crippen LogP contribution in [0.4, 0.5) is 0 Å². The average Bonchev–Trinajstić information content (AvgIpc) is 2.99. The molecule has 1 fully saturated rings. The van der Waals surface area contributed by atoms with Gasteiger partial charge in [-0.3, -0.25) is 24.0 Å². The van der Waals surface area contributed by atoms with Crippen LogP contribution in [0.2, 0.25) is 0 Å². The van der Waals surface area contributed by atoms with E-state index in [2.05, 4.69) is 6.92 Å². The molecule has 0 radical (unpaired) electrons. The summed E-state index contributed by atoms with van der Waals surface area (Å²) in [6, 6.07) is 4.30. The molecule has 15 heteroatoms. The van der Waals surface area contributed by atoms with Gasteiger partial charge in [-0.15, -0.1) is 0 Å². The third-order valence-electron chi connectivity index (χ3n) is 6.74. The highest BCUT2D eigenvalue weighted by atomic mass is 16.7. The maximum Gasteiger partial charge on any atom is 0.383 e. The van der Waals surface area contributed by atoms with Crippen LogP contribution in [0.15, 0.2) is 27.4 Å². The van der Waals surface area contributed by atoms with Crippen molar-refractivity contribution in [2.75, 3.05) is 13.2 Å². The highest BCUT2D eigenvalue weighted by Crippen LogP contribution is 2.37. The Hall–Kier alpha value is -4.66. The molecule has 2 aromatic rings. The lowest BCUT2D eigenvalue weighted by molar-refractivity contribution is -0.288. The predicted octanol–water partition coefficient (Wildman–Crippen LogP) is 3.53. The van der Waals surface area contributed by atoms with Gasteiger partial charge in [-0.2, -0.15) is 0 Å². The SMILES string of the molecule is CCCCCCOc1c(OC(=O)CC)c(=O)oc2cc(O[C@@H]3O[C@H](COC(C)=O)[C@@H](OC(C)=O)[C@H](OC(C)=O)[C@H]3OC(C)=O)ccc12. The van der Waals surface area contributed by atoms with Gasteiger partial charge in [0.15, 0.2) is 18.0 Å². The summed E-state index contributed by atoms with van der Waals surface area (Å²) >= 11 is 0. The van der Waals surface area contributed by atoms with Crippen molar-refractivity contribution in [3.8, 4) is 17.2 Å². The Bertz CT molecular complexity index is 1500. The van der Waals surface area contributed by atoms with Crippen molar-refractivity contribution in [1.82, 2.24) is 0 Å². The van der Waals surface area contributed by atoms with Gasteiger partial charge in [-0.1, -0.05) is 33.1 Å². The largest absolute Gasteiger partial charge is 0.489 e. The predicted molar refractivity (Wildman–Crippen MR) is 161 cm³/mol. The maximum atomic E-state index is 13.0. The monoisotopic (exact) mass is 664 g/mol. The first-order valence-corrected chi connectivity index (χ1v) is 15.3. The summed E-state index contributed by atoms with van der Waals surface area (Å²) < 4.78 is 50.0. The van der Waals surface area contributed by atoms with Gasteiger partial charge in [0.25, 0.3) is 5.75 Å². The summed E-state index contributed by atoms with van der Waals surface area (Å²) in [6.45, 7) is 7.92. The van der Waals surface area contributed by atoms with Gasteiger partial charge in [-0.25, -0.2) is 4.79 Å². The number of hydrogen-bond donors (Lipinski definition) is 0. The molecule has 47 heavy (non-hydrogen) atoms. The van der Waals surface area contributed by atoms with E-state index in [1.54, 1.807) is 6.92 Å². The zero-order valence-electron chi connectivity index (χ0n) is 27.2. The number of benzene rings is 1. The Balaban J connectivity index is 2.05. The van der Waals surface area contributed by atoms with Crippen LogP contribution in [-0.2, 0) is 47.7 Å². The zero-order chi connectivity index (χ0) is 34.7. The van der Waals surface area contributed by atoms with Crippen molar-refractivity contribution in [2.24, 2.45) is 0 Å². The van der Waals surface area contributed by atoms with Crippen molar-refractivity contribution in [3.05, 3.63) is 28.6 Å². The number of carbonyl (C=O) groups excluding carboxylic acids is 5. The molecule has 1 aromatic carbocycles. The molecule has 0 N–H and O–H groups in total. The normalized spacial score (nSPS) is 20.5. The van der Waals surface area contributed by atoms with Crippen LogP contribution < -0.4 is 19.8 Å². The topological polar surface area (TPSA) is 189 Å². The molecule has 0 unspecified atom stereocenters. The van der Waals surface area contributed by atoms with E-state index in [1.807, 2.05) is 0 Å². The van der Waals surface area contributed by atoms with E-state index in [9.17, 15) is 28.8 Å². The molecule has 15 nitrogen and oxygen atoms in total. The first kappa shape index (κ1) is 36.8. The van der Waals surface area contributed by atoms with Crippen LogP contribution in [0.3, 0.4) is 0 Å². The molecular formula is C32H40O15. The Kier molecular flexibility index (Phi) is 13.6. The van der Waals surface area contributed by atoms with E-state index in [-0.39, 0.29) is 35.9 Å². The fourth-order valence-electron chi connectivity index (χ4n) is 4.75. The van der Waals surface area contributed by atoms with Gasteiger partial charge in [-0.05, 0) is 18.6 Å². The molecule has 1 aliphatic rings. The average molecular weight is 665 g/mol. The quantitative estimate of drug-likeness (QED) is 0.116. The van der Waals surface area contributed by atoms with Crippen molar-refractivity contribution in [2.45, 2.75) is 104 Å². The van der Waals surface area contributed by atoms with Gasteiger partial charge in [0, 0.05) is 40.2 Å². The number of carbonyl (C=O) groups is 5. The molecular weight excluding hydrogens is 624 g/mol. The van der Waals surface area contributed by atoms with E-state index in [1.165, 1.54) is 18.2 Å². The molecule has 0 amide bonds. The van der Waals surface area contributed by atoms with Gasteiger partial charge >= 0.3 is 35.5 Å². The molecule has 5 atom stereocenters. The fraction of sp³-hybridized carbons (Fsp3) is 0.562. The van der Waals surface area contributed by atoms with Gasteiger partial charge in [0.1, 0.15) is 24.0 Å². The van der Waals surface area contributed by atoms with Crippen LogP contribution in [0.25, 0.3) is 11.0 Å². The van der Waals surface area contributed by atoms with Crippen LogP contribution in [-0.4, -0.2) is 73.8 Å². The first-order valence-electron chi connectivity index (χ1n) is 15.3. The minimum atomic E-state index is -1.51. The van der Waals surface area contributed by atoms with Crippen LogP contribution in [0.1, 0.15) is 73.6 Å². The molecule has 1 aromatic heterocycles. The molecule has 258 valence electrons. The second-order valence-electron chi connectivity index (χ2n) is 10.6. The van der Waals surface area contributed by atoms with E-state index in [0.717, 1.165) is 47.0 Å². The van der Waals surface area contributed by atoms with Crippen LogP contribution in [0, 0.1) is 0 Å². The summed E-state index contributed by atoms with van der Waals surface area (Å²) in [6.07, 6.45) is -3.42. The minimum absolute atomic E-state index is 0.00186. The Labute approximate surface area is 270 Å². The summed E-state index contributed by atoms with van der Waals surface area (Å²) in [5.41, 5.74) is -0.967. The Morgan fingerprint density at radius 2 is 1.45 bits per heavy atom. The Morgan fingerprint density at radius 1 is 0.787 bits per heavy atom. The highest BCUT2D eigenvalue weighted by Gasteiger charge is 2.53. The molecule has 0 spiro atoms. The zero-order valence-corrected chi connectivity index (χ0v) is 27.2. The molecule has 0 saturated carbocycles. The van der Waals surface area contributed by atoms with Gasteiger partial charge in [0.2, 0.25) is 12.4 Å². The number of unbranched alkanes of at least 4 members (excludes halogenated alkanes) is 3. The molecule has 2 heterocycles. The number of hydrogen-bond acceptors (Lipinski definition) is 15. The highest BCUT2D eigenvalue weighted by molar-refractivity contribution is 5.88. The standard InChI is InChI=1S/C32H40O15/c1-7-9-10-11-14-39-26-22-13-12-21(15-23(22)45-31(38)29(26)47-25(37)8-2)44-32-30(43-20(6)36)28(42-19(5)35)27(41-18(4)34)24(46-32)16-40-17(3)33/h12-13,15,24,27-28,30,32H,7-11,14,16H2,1-6H3/t24-,27-,28+,30-,32-/m1/s1. The van der Waals surface area contributed by atoms with Crippen molar-refractivity contribution in [1.29, 1.82) is 0 Å². The molecule has 1 saturated heterocycles. The molecule has 3 rings (SSSR count). The number of esters is 5. The summed E-state index contributed by atoms with van der Waals surface area (Å²) in [4.78, 5) is 72.9. The van der Waals surface area contributed by atoms with Gasteiger partial charge in [0.05, 0.1) is 12.0 Å². The van der Waals surface area contributed by atoms with E-state index in [4.69, 9.17) is 42.3 Å². The maximum absolute atomic E-state index is 13.0. The Morgan fingerprint density at radius 3 is 2.06 bits per heavy atom. The lowest BCUT2D eigenvalue weighted by Gasteiger charge is -2.43. The number of fused-ring (bicyclic) bond motifs is 1. The van der Waals surface area contributed by atoms with Crippen LogP contribution in [0.5, 0.6) is 17.2 Å². The van der Waals surface area contributed by atoms with Crippen LogP contribution >= 0.6 is 0 Å². The van der Waals surface area contributed by atoms with Crippen molar-refractivity contribution < 1.29 is 66.3 Å². The minimum Gasteiger partial charge on any atom is -0.489 e. The van der Waals surface area contributed by atoms with Gasteiger partial charge < -0.3 is 42.3 Å². The fourth-order valence-corrected chi connectivity index (χ4v) is 4.75. The van der Waals surface area contributed by atoms with E-state index < -0.39 is 72.8 Å². The summed E-state index contributed by atoms with van der Waals surface area (Å²) in [5, 5.41) is 0.299. The third kappa shape index (κ3) is 10.4. The summed E-state index contributed by atoms with van der Waals surface area (Å²) in [7, 11) is 0. The lowest BCUT2D eigenvalue weighted by Crippen LogP contribution is -2.63. The molecule has 0 aliphatic carbocycles. The molecule has 1 aliphatic heterocycles. The first-order chi connectivity index (χ1) is 22.3. The number of rotatable bonds is 15. The lowest BCUT2D eigenvalue weighted by atomic mass is 9.98. The summed E-state index contributed by atoms with van der Waals surface area (Å²) in [5.74, 6) is -4.03. The molecule has 0 bridgehead atoms. The smallest absolute Gasteiger partial charge is 0.383 e. The third-order valence-corrected chi connectivity index (χ3v) is 6.74. The van der Waals surface area contributed by atoms with Crippen molar-refractivity contribution >= 4 is 40.8 Å². The number of ether oxygens (including phenoxy) is 8.